The van der Waals surface area contributed by atoms with Crippen LogP contribution in [0.3, 0.4) is 0 Å². The molecule has 1 heteroatoms. The second-order valence-electron chi connectivity index (χ2n) is 8.63. The summed E-state index contributed by atoms with van der Waals surface area (Å²) in [6.45, 7) is 2.43. The molecule has 27 heavy (non-hydrogen) atoms. The molecule has 0 aromatic heterocycles. The van der Waals surface area contributed by atoms with Crippen molar-refractivity contribution in [3.63, 3.8) is 0 Å². The second-order valence-corrected chi connectivity index (χ2v) is 9.78. The molecular weight excluding hydrogens is 344 g/mol. The fraction of sp³-hybridized carbons (Fsp3) is 0.538. The van der Waals surface area contributed by atoms with Crippen molar-refractivity contribution in [2.75, 3.05) is 0 Å². The Morgan fingerprint density at radius 3 is 1.96 bits per heavy atom. The van der Waals surface area contributed by atoms with Crippen molar-refractivity contribution in [2.24, 2.45) is 0 Å². The van der Waals surface area contributed by atoms with Crippen LogP contribution < -0.4 is 0 Å². The van der Waals surface area contributed by atoms with Crippen LogP contribution in [0.25, 0.3) is 0 Å². The van der Waals surface area contributed by atoms with Crippen molar-refractivity contribution in [3.8, 4) is 0 Å². The zero-order valence-electron chi connectivity index (χ0n) is 16.9. The van der Waals surface area contributed by atoms with E-state index in [0.717, 1.165) is 18.3 Å². The highest BCUT2D eigenvalue weighted by molar-refractivity contribution is 8.03. The van der Waals surface area contributed by atoms with Gasteiger partial charge in [-0.25, -0.2) is 0 Å². The Morgan fingerprint density at radius 2 is 1.37 bits per heavy atom. The number of rotatable bonds is 4. The van der Waals surface area contributed by atoms with Crippen LogP contribution in [0, 0.1) is 6.92 Å². The predicted molar refractivity (Wildman–Crippen MR) is 120 cm³/mol. The third-order valence-corrected chi connectivity index (χ3v) is 7.72. The summed E-state index contributed by atoms with van der Waals surface area (Å²) in [5, 5.41) is 0. The summed E-state index contributed by atoms with van der Waals surface area (Å²) in [5.74, 6) is 1.58. The lowest BCUT2D eigenvalue weighted by molar-refractivity contribution is 0.432. The molecule has 3 aliphatic rings. The molecule has 0 atom stereocenters. The highest BCUT2D eigenvalue weighted by Crippen LogP contribution is 2.43. The van der Waals surface area contributed by atoms with Gasteiger partial charge in [-0.1, -0.05) is 74.6 Å². The zero-order chi connectivity index (χ0) is 18.5. The molecule has 0 saturated heterocycles. The van der Waals surface area contributed by atoms with Crippen molar-refractivity contribution in [2.45, 2.75) is 94.3 Å². The molecule has 2 saturated carbocycles. The summed E-state index contributed by atoms with van der Waals surface area (Å²) in [6, 6.07) is 5.09. The molecule has 0 amide bonds. The van der Waals surface area contributed by atoms with Gasteiger partial charge in [-0.3, -0.25) is 0 Å². The smallest absolute Gasteiger partial charge is 0.0128 e. The molecule has 4 rings (SSSR count). The third-order valence-electron chi connectivity index (χ3n) is 6.74. The van der Waals surface area contributed by atoms with Gasteiger partial charge < -0.3 is 0 Å². The average molecular weight is 379 g/mol. The highest BCUT2D eigenvalue weighted by Gasteiger charge is 2.24. The van der Waals surface area contributed by atoms with E-state index < -0.39 is 0 Å². The molecule has 0 N–H and O–H groups in total. The zero-order valence-corrected chi connectivity index (χ0v) is 17.7. The van der Waals surface area contributed by atoms with Crippen molar-refractivity contribution in [1.29, 1.82) is 0 Å². The number of benzene rings is 1. The third kappa shape index (κ3) is 4.80. The van der Waals surface area contributed by atoms with E-state index in [9.17, 15) is 0 Å². The Bertz CT molecular complexity index is 686. The highest BCUT2D eigenvalue weighted by atomic mass is 32.2. The van der Waals surface area contributed by atoms with E-state index in [0.29, 0.717) is 0 Å². The molecule has 3 aliphatic carbocycles. The van der Waals surface area contributed by atoms with Crippen LogP contribution in [-0.4, -0.2) is 0 Å². The molecule has 1 aromatic carbocycles. The van der Waals surface area contributed by atoms with Crippen LogP contribution in [0.5, 0.6) is 0 Å². The summed E-state index contributed by atoms with van der Waals surface area (Å²) >= 11 is 1.97. The average Bonchev–Trinajstić information content (AvgIpc) is 2.99. The maximum Gasteiger partial charge on any atom is 0.0128 e. The minimum atomic E-state index is 0.792. The van der Waals surface area contributed by atoms with Crippen LogP contribution in [0.2, 0.25) is 0 Å². The Hall–Kier alpha value is -1.21. The molecule has 0 unspecified atom stereocenters. The van der Waals surface area contributed by atoms with Gasteiger partial charge in [0.1, 0.15) is 0 Å². The Labute approximate surface area is 170 Å². The lowest BCUT2D eigenvalue weighted by Gasteiger charge is -2.29. The number of hydrogen-bond donors (Lipinski definition) is 0. The molecule has 144 valence electrons. The van der Waals surface area contributed by atoms with E-state index in [-0.39, 0.29) is 0 Å². The van der Waals surface area contributed by atoms with E-state index in [2.05, 4.69) is 49.4 Å². The predicted octanol–water partition coefficient (Wildman–Crippen LogP) is 8.58. The molecule has 0 heterocycles. The normalized spacial score (nSPS) is 21.9. The van der Waals surface area contributed by atoms with Crippen LogP contribution in [-0.2, 0) is 0 Å². The van der Waals surface area contributed by atoms with E-state index in [1.807, 2.05) is 11.8 Å². The summed E-state index contributed by atoms with van der Waals surface area (Å²) in [6.07, 6.45) is 26.4. The van der Waals surface area contributed by atoms with Crippen LogP contribution in [0.1, 0.15) is 99.2 Å². The first-order valence-corrected chi connectivity index (χ1v) is 12.0. The fourth-order valence-corrected chi connectivity index (χ4v) is 6.18. The standard InChI is InChI=1S/C26H34S/c1-20-25(21-12-6-4-7-13-21)18-24(27-23-16-10-2-3-11-17-23)19-26(20)22-14-8-5-9-15-22/h2,10-11,16-19,21-22H,3-9,12-15H2,1H3. The van der Waals surface area contributed by atoms with E-state index >= 15 is 0 Å². The van der Waals surface area contributed by atoms with Gasteiger partial charge in [-0.2, -0.15) is 0 Å². The second kappa shape index (κ2) is 9.32. The van der Waals surface area contributed by atoms with E-state index in [1.54, 1.807) is 16.7 Å². The van der Waals surface area contributed by atoms with E-state index in [1.165, 1.54) is 74.0 Å². The molecule has 1 aromatic rings. The fourth-order valence-electron chi connectivity index (χ4n) is 5.23. The van der Waals surface area contributed by atoms with Gasteiger partial charge >= 0.3 is 0 Å². The maximum atomic E-state index is 2.55. The molecule has 2 fully saturated rings. The molecule has 0 nitrogen and oxygen atoms in total. The Kier molecular flexibility index (Phi) is 6.60. The molecule has 0 bridgehead atoms. The molecule has 0 aliphatic heterocycles. The lowest BCUT2D eigenvalue weighted by atomic mass is 9.77. The number of allylic oxidation sites excluding steroid dienone is 5. The Balaban J connectivity index is 1.68. The molecule has 0 radical (unpaired) electrons. The van der Waals surface area contributed by atoms with Gasteiger partial charge in [0.25, 0.3) is 0 Å². The summed E-state index contributed by atoms with van der Waals surface area (Å²) in [4.78, 5) is 2.84. The van der Waals surface area contributed by atoms with Gasteiger partial charge in [-0.05, 0) is 85.8 Å². The first-order valence-electron chi connectivity index (χ1n) is 11.2. The summed E-state index contributed by atoms with van der Waals surface area (Å²) in [7, 11) is 0. The van der Waals surface area contributed by atoms with Crippen molar-refractivity contribution in [1.82, 2.24) is 0 Å². The number of thioether (sulfide) groups is 1. The van der Waals surface area contributed by atoms with Gasteiger partial charge in [0, 0.05) is 9.80 Å². The number of hydrogen-bond acceptors (Lipinski definition) is 1. The summed E-state index contributed by atoms with van der Waals surface area (Å²) < 4.78 is 0. The first-order chi connectivity index (χ1) is 13.3. The first kappa shape index (κ1) is 19.1. The van der Waals surface area contributed by atoms with Gasteiger partial charge in [-0.15, -0.1) is 0 Å². The van der Waals surface area contributed by atoms with Crippen molar-refractivity contribution in [3.05, 3.63) is 64.1 Å². The van der Waals surface area contributed by atoms with Crippen LogP contribution >= 0.6 is 11.8 Å². The lowest BCUT2D eigenvalue weighted by Crippen LogP contribution is -2.11. The minimum Gasteiger partial charge on any atom is -0.0901 e. The van der Waals surface area contributed by atoms with Crippen molar-refractivity contribution >= 4 is 11.8 Å². The van der Waals surface area contributed by atoms with Crippen LogP contribution in [0.4, 0.5) is 0 Å². The van der Waals surface area contributed by atoms with Gasteiger partial charge in [0.05, 0.1) is 0 Å². The Morgan fingerprint density at radius 1 is 0.778 bits per heavy atom. The minimum absolute atomic E-state index is 0.792. The summed E-state index contributed by atoms with van der Waals surface area (Å²) in [5.41, 5.74) is 4.98. The topological polar surface area (TPSA) is 0 Å². The van der Waals surface area contributed by atoms with E-state index in [4.69, 9.17) is 0 Å². The molecule has 0 spiro atoms. The quantitative estimate of drug-likeness (QED) is 0.505. The SMILES string of the molecule is Cc1c(C2CCCCC2)cc(SC2=CC=CCC=C2)cc1C1CCCCC1. The maximum absolute atomic E-state index is 2.55. The van der Waals surface area contributed by atoms with Gasteiger partial charge in [0.15, 0.2) is 0 Å². The monoisotopic (exact) mass is 378 g/mol. The van der Waals surface area contributed by atoms with Crippen molar-refractivity contribution < 1.29 is 0 Å². The largest absolute Gasteiger partial charge is 0.0901 e. The molecular formula is C26H34S. The van der Waals surface area contributed by atoms with Crippen LogP contribution in [0.15, 0.2) is 52.3 Å². The van der Waals surface area contributed by atoms with Gasteiger partial charge in [0.2, 0.25) is 0 Å².